The summed E-state index contributed by atoms with van der Waals surface area (Å²) in [6.07, 6.45) is 1.71. The molecule has 2 aromatic carbocycles. The zero-order chi connectivity index (χ0) is 24.7. The van der Waals surface area contributed by atoms with E-state index in [-0.39, 0.29) is 28.5 Å². The molecular weight excluding hydrogens is 480 g/mol. The predicted molar refractivity (Wildman–Crippen MR) is 129 cm³/mol. The van der Waals surface area contributed by atoms with E-state index in [0.717, 1.165) is 5.56 Å². The fourth-order valence-electron chi connectivity index (χ4n) is 3.00. The summed E-state index contributed by atoms with van der Waals surface area (Å²) in [5, 5.41) is 12.3. The van der Waals surface area contributed by atoms with E-state index < -0.39 is 11.9 Å². The number of halogens is 1. The number of ether oxygens (including phenoxy) is 2. The number of allylic oxidation sites excluding steroid dienone is 1. The van der Waals surface area contributed by atoms with Gasteiger partial charge in [0.2, 0.25) is 5.91 Å². The highest BCUT2D eigenvalue weighted by molar-refractivity contribution is 7.99. The van der Waals surface area contributed by atoms with E-state index in [9.17, 15) is 14.4 Å². The molecule has 11 heteroatoms. The van der Waals surface area contributed by atoms with Gasteiger partial charge in [0.05, 0.1) is 31.1 Å². The van der Waals surface area contributed by atoms with Crippen LogP contribution in [0.1, 0.15) is 20.7 Å². The highest BCUT2D eigenvalue weighted by atomic mass is 35.5. The largest absolute Gasteiger partial charge is 0.465 e. The van der Waals surface area contributed by atoms with Crippen molar-refractivity contribution in [2.24, 2.45) is 0 Å². The molecule has 1 N–H and O–H groups in total. The van der Waals surface area contributed by atoms with Gasteiger partial charge in [-0.05, 0) is 42.5 Å². The average molecular weight is 501 g/mol. The Labute approximate surface area is 205 Å². The summed E-state index contributed by atoms with van der Waals surface area (Å²) in [6.45, 7) is 4.22. The third-order valence-electron chi connectivity index (χ3n) is 4.52. The number of aromatic nitrogens is 3. The summed E-state index contributed by atoms with van der Waals surface area (Å²) in [5.74, 6) is -1.05. The average Bonchev–Trinajstić information content (AvgIpc) is 3.24. The molecule has 1 aromatic heterocycles. The minimum Gasteiger partial charge on any atom is -0.465 e. The van der Waals surface area contributed by atoms with Gasteiger partial charge >= 0.3 is 11.9 Å². The molecule has 3 aromatic rings. The van der Waals surface area contributed by atoms with E-state index in [1.54, 1.807) is 18.2 Å². The molecule has 1 heterocycles. The quantitative estimate of drug-likeness (QED) is 0.265. The van der Waals surface area contributed by atoms with Crippen molar-refractivity contribution in [2.45, 2.75) is 11.7 Å². The van der Waals surface area contributed by atoms with Crippen molar-refractivity contribution in [3.63, 3.8) is 0 Å². The highest BCUT2D eigenvalue weighted by Crippen LogP contribution is 2.25. The number of benzene rings is 2. The van der Waals surface area contributed by atoms with Crippen LogP contribution in [0.15, 0.2) is 60.3 Å². The number of nitrogens with one attached hydrogen (secondary N) is 1. The molecule has 9 nitrogen and oxygen atoms in total. The van der Waals surface area contributed by atoms with E-state index >= 15 is 0 Å². The van der Waals surface area contributed by atoms with Crippen LogP contribution in [0.2, 0.25) is 5.02 Å². The second-order valence-corrected chi connectivity index (χ2v) is 8.21. The third kappa shape index (κ3) is 6.03. The predicted octanol–water partition coefficient (Wildman–Crippen LogP) is 4.09. The van der Waals surface area contributed by atoms with E-state index in [0.29, 0.717) is 22.5 Å². The van der Waals surface area contributed by atoms with Crippen LogP contribution >= 0.6 is 23.4 Å². The first kappa shape index (κ1) is 25.0. The smallest absolute Gasteiger partial charge is 0.337 e. The van der Waals surface area contributed by atoms with E-state index in [2.05, 4.69) is 22.1 Å². The maximum atomic E-state index is 12.6. The molecule has 0 aliphatic carbocycles. The fourth-order valence-corrected chi connectivity index (χ4v) is 3.87. The summed E-state index contributed by atoms with van der Waals surface area (Å²) < 4.78 is 11.3. The minimum absolute atomic E-state index is 0.00586. The van der Waals surface area contributed by atoms with Crippen LogP contribution in [0.3, 0.4) is 0 Å². The molecule has 0 aliphatic heterocycles. The number of hydrogen-bond donors (Lipinski definition) is 1. The number of esters is 2. The number of nitrogens with zero attached hydrogens (tertiary/aromatic N) is 3. The van der Waals surface area contributed by atoms with Crippen molar-refractivity contribution in [2.75, 3.05) is 25.3 Å². The lowest BCUT2D eigenvalue weighted by molar-refractivity contribution is -0.113. The molecule has 34 heavy (non-hydrogen) atoms. The van der Waals surface area contributed by atoms with Gasteiger partial charge in [-0.15, -0.1) is 16.8 Å². The van der Waals surface area contributed by atoms with Gasteiger partial charge in [-0.2, -0.15) is 0 Å². The molecular formula is C23H21ClN4O5S. The zero-order valence-corrected chi connectivity index (χ0v) is 20.0. The summed E-state index contributed by atoms with van der Waals surface area (Å²) in [4.78, 5) is 36.5. The van der Waals surface area contributed by atoms with E-state index in [1.165, 1.54) is 44.2 Å². The number of rotatable bonds is 9. The van der Waals surface area contributed by atoms with Crippen molar-refractivity contribution >= 4 is 46.9 Å². The van der Waals surface area contributed by atoms with Gasteiger partial charge in [-0.25, -0.2) is 9.59 Å². The summed E-state index contributed by atoms with van der Waals surface area (Å²) >= 11 is 7.15. The van der Waals surface area contributed by atoms with Crippen LogP contribution in [-0.4, -0.2) is 52.6 Å². The molecule has 3 rings (SSSR count). The number of hydrogen-bond acceptors (Lipinski definition) is 8. The molecule has 176 valence electrons. The number of methoxy groups -OCH3 is 2. The van der Waals surface area contributed by atoms with Gasteiger partial charge in [0.25, 0.3) is 0 Å². The first-order chi connectivity index (χ1) is 16.4. The van der Waals surface area contributed by atoms with E-state index in [1.807, 2.05) is 16.7 Å². The number of anilines is 1. The van der Waals surface area contributed by atoms with Gasteiger partial charge < -0.3 is 14.8 Å². The number of carbonyl (C=O) groups excluding carboxylic acids is 3. The maximum Gasteiger partial charge on any atom is 0.337 e. The van der Waals surface area contributed by atoms with Crippen molar-refractivity contribution < 1.29 is 23.9 Å². The summed E-state index contributed by atoms with van der Waals surface area (Å²) in [5.41, 5.74) is 1.28. The van der Waals surface area contributed by atoms with Gasteiger partial charge in [0.1, 0.15) is 0 Å². The number of amides is 1. The summed E-state index contributed by atoms with van der Waals surface area (Å²) in [6, 6.07) is 11.3. The lowest BCUT2D eigenvalue weighted by Gasteiger charge is -2.10. The molecule has 0 radical (unpaired) electrons. The molecule has 0 bridgehead atoms. The molecule has 0 aliphatic rings. The molecule has 0 saturated heterocycles. The second kappa shape index (κ2) is 11.5. The minimum atomic E-state index is -0.650. The van der Waals surface area contributed by atoms with E-state index in [4.69, 9.17) is 21.1 Å². The lowest BCUT2D eigenvalue weighted by Crippen LogP contribution is -2.16. The maximum absolute atomic E-state index is 12.6. The monoisotopic (exact) mass is 500 g/mol. The highest BCUT2D eigenvalue weighted by Gasteiger charge is 2.17. The number of carbonyl (C=O) groups is 3. The standard InChI is InChI=1S/C23H21ClN4O5S/c1-4-9-28-20(14-5-7-17(24)8-6-14)26-27-23(28)34-13-19(29)25-18-11-15(21(30)32-2)10-16(12-18)22(31)33-3/h4-8,10-12H,1,9,13H2,2-3H3,(H,25,29). The van der Waals surface area contributed by atoms with Crippen LogP contribution in [0.25, 0.3) is 11.4 Å². The Morgan fingerprint density at radius 2 is 1.68 bits per heavy atom. The lowest BCUT2D eigenvalue weighted by atomic mass is 10.1. The molecule has 0 unspecified atom stereocenters. The molecule has 0 atom stereocenters. The van der Waals surface area contributed by atoms with Crippen LogP contribution < -0.4 is 5.32 Å². The van der Waals surface area contributed by atoms with Crippen molar-refractivity contribution in [3.8, 4) is 11.4 Å². The van der Waals surface area contributed by atoms with Crippen LogP contribution in [0, 0.1) is 0 Å². The van der Waals surface area contributed by atoms with Crippen LogP contribution in [0.5, 0.6) is 0 Å². The number of thioether (sulfide) groups is 1. The Morgan fingerprint density at radius 3 is 2.24 bits per heavy atom. The normalized spacial score (nSPS) is 10.4. The summed E-state index contributed by atoms with van der Waals surface area (Å²) in [7, 11) is 2.44. The Balaban J connectivity index is 1.76. The molecule has 1 amide bonds. The van der Waals surface area contributed by atoms with Gasteiger partial charge in [0.15, 0.2) is 11.0 Å². The molecule has 0 saturated carbocycles. The molecule has 0 spiro atoms. The van der Waals surface area contributed by atoms with Gasteiger partial charge in [-0.1, -0.05) is 29.4 Å². The van der Waals surface area contributed by atoms with Crippen LogP contribution in [-0.2, 0) is 20.8 Å². The van der Waals surface area contributed by atoms with Crippen molar-refractivity contribution in [1.82, 2.24) is 14.8 Å². The second-order valence-electron chi connectivity index (χ2n) is 6.83. The van der Waals surface area contributed by atoms with Gasteiger partial charge in [-0.3, -0.25) is 9.36 Å². The Kier molecular flexibility index (Phi) is 8.44. The third-order valence-corrected chi connectivity index (χ3v) is 5.74. The van der Waals surface area contributed by atoms with Crippen LogP contribution in [0.4, 0.5) is 5.69 Å². The Morgan fingerprint density at radius 1 is 1.06 bits per heavy atom. The first-order valence-corrected chi connectivity index (χ1v) is 11.3. The topological polar surface area (TPSA) is 112 Å². The Hall–Kier alpha value is -3.63. The van der Waals surface area contributed by atoms with Crippen molar-refractivity contribution in [3.05, 3.63) is 71.3 Å². The zero-order valence-electron chi connectivity index (χ0n) is 18.4. The fraction of sp³-hybridized carbons (Fsp3) is 0.174. The Bertz CT molecular complexity index is 1190. The van der Waals surface area contributed by atoms with Crippen molar-refractivity contribution in [1.29, 1.82) is 0 Å². The molecule has 0 fully saturated rings. The SMILES string of the molecule is C=CCn1c(SCC(=O)Nc2cc(C(=O)OC)cc(C(=O)OC)c2)nnc1-c1ccc(Cl)cc1. The van der Waals surface area contributed by atoms with Gasteiger partial charge in [0, 0.05) is 22.8 Å². The first-order valence-electron chi connectivity index (χ1n) is 9.90.